The number of nitrogens with zero attached hydrogens (tertiary/aromatic N) is 4. The second-order valence-electron chi connectivity index (χ2n) is 3.77. The van der Waals surface area contributed by atoms with Gasteiger partial charge in [-0.15, -0.1) is 16.4 Å². The Bertz CT molecular complexity index is 776. The van der Waals surface area contributed by atoms with Crippen LogP contribution in [0.5, 0.6) is 0 Å². The summed E-state index contributed by atoms with van der Waals surface area (Å²) in [4.78, 5) is 16.5. The van der Waals surface area contributed by atoms with Crippen LogP contribution >= 0.6 is 34.5 Å². The lowest BCUT2D eigenvalue weighted by molar-refractivity contribution is 0.727. The third-order valence-electron chi connectivity index (χ3n) is 2.55. The Hall–Kier alpha value is -1.31. The summed E-state index contributed by atoms with van der Waals surface area (Å²) in [5, 5.41) is 5.82. The summed E-state index contributed by atoms with van der Waals surface area (Å²) < 4.78 is 6.41. The van der Waals surface area contributed by atoms with Gasteiger partial charge in [-0.05, 0) is 17.9 Å². The maximum atomic E-state index is 12.2. The first kappa shape index (κ1) is 11.8. The zero-order valence-electron chi connectivity index (χ0n) is 9.25. The van der Waals surface area contributed by atoms with Gasteiger partial charge >= 0.3 is 0 Å². The molecule has 0 saturated heterocycles. The molecule has 3 rings (SSSR count). The van der Waals surface area contributed by atoms with Crippen LogP contribution in [0.4, 0.5) is 0 Å². The molecule has 3 heterocycles. The fourth-order valence-corrected chi connectivity index (χ4v) is 3.19. The van der Waals surface area contributed by atoms with E-state index in [0.29, 0.717) is 21.3 Å². The molecule has 0 aliphatic heterocycles. The average Bonchev–Trinajstić information content (AvgIpc) is 2.91. The minimum atomic E-state index is -0.0674. The number of aromatic nitrogens is 4. The molecule has 0 atom stereocenters. The molecule has 92 valence electrons. The van der Waals surface area contributed by atoms with Crippen molar-refractivity contribution in [3.8, 4) is 0 Å². The van der Waals surface area contributed by atoms with Crippen LogP contribution in [0.25, 0.3) is 10.2 Å². The highest BCUT2D eigenvalue weighted by molar-refractivity contribution is 7.17. The highest BCUT2D eigenvalue weighted by Crippen LogP contribution is 2.21. The molecular formula is C10H7ClN4OS2. The van der Waals surface area contributed by atoms with Crippen molar-refractivity contribution in [2.75, 3.05) is 0 Å². The minimum absolute atomic E-state index is 0.0674. The Morgan fingerprint density at radius 2 is 2.33 bits per heavy atom. The summed E-state index contributed by atoms with van der Waals surface area (Å²) in [5.74, 6) is 0. The number of fused-ring (bicyclic) bond motifs is 1. The van der Waals surface area contributed by atoms with E-state index < -0.39 is 0 Å². The zero-order chi connectivity index (χ0) is 12.7. The Labute approximate surface area is 115 Å². The van der Waals surface area contributed by atoms with E-state index in [1.807, 2.05) is 12.3 Å². The molecule has 0 aromatic carbocycles. The summed E-state index contributed by atoms with van der Waals surface area (Å²) in [5.41, 5.74) is 2.32. The first-order chi connectivity index (χ1) is 8.66. The van der Waals surface area contributed by atoms with Crippen LogP contribution in [0.15, 0.2) is 16.5 Å². The fraction of sp³-hybridized carbons (Fsp3) is 0.200. The number of rotatable bonds is 2. The molecule has 0 N–H and O–H groups in total. The second kappa shape index (κ2) is 4.42. The van der Waals surface area contributed by atoms with E-state index in [1.54, 1.807) is 0 Å². The van der Waals surface area contributed by atoms with Crippen molar-refractivity contribution < 1.29 is 0 Å². The lowest BCUT2D eigenvalue weighted by Gasteiger charge is -2.02. The molecule has 0 fully saturated rings. The first-order valence-corrected chi connectivity index (χ1v) is 7.10. The largest absolute Gasteiger partial charge is 0.292 e. The van der Waals surface area contributed by atoms with Crippen molar-refractivity contribution in [3.05, 3.63) is 37.7 Å². The van der Waals surface area contributed by atoms with Gasteiger partial charge in [0.25, 0.3) is 5.56 Å². The number of thiophene rings is 1. The van der Waals surface area contributed by atoms with Crippen molar-refractivity contribution in [3.63, 3.8) is 0 Å². The van der Waals surface area contributed by atoms with Crippen LogP contribution < -0.4 is 5.56 Å². The maximum absolute atomic E-state index is 12.2. The van der Waals surface area contributed by atoms with E-state index in [-0.39, 0.29) is 5.56 Å². The molecular weight excluding hydrogens is 292 g/mol. The Morgan fingerprint density at radius 1 is 1.50 bits per heavy atom. The van der Waals surface area contributed by atoms with Crippen LogP contribution in [-0.2, 0) is 6.54 Å². The molecule has 0 unspecified atom stereocenters. The van der Waals surface area contributed by atoms with Crippen molar-refractivity contribution in [1.82, 2.24) is 19.1 Å². The highest BCUT2D eigenvalue weighted by atomic mass is 35.5. The Morgan fingerprint density at radius 3 is 3.06 bits per heavy atom. The smallest absolute Gasteiger partial charge is 0.271 e. The van der Waals surface area contributed by atoms with Crippen molar-refractivity contribution in [2.45, 2.75) is 13.5 Å². The molecule has 0 saturated carbocycles. The minimum Gasteiger partial charge on any atom is -0.292 e. The summed E-state index contributed by atoms with van der Waals surface area (Å²) >= 11 is 8.44. The van der Waals surface area contributed by atoms with Crippen molar-refractivity contribution in [1.29, 1.82) is 0 Å². The number of aryl methyl sites for hydroxylation is 1. The monoisotopic (exact) mass is 298 g/mol. The van der Waals surface area contributed by atoms with Gasteiger partial charge in [0, 0.05) is 11.5 Å². The normalized spacial score (nSPS) is 11.2. The third-order valence-corrected chi connectivity index (χ3v) is 4.61. The third kappa shape index (κ3) is 1.84. The summed E-state index contributed by atoms with van der Waals surface area (Å²) in [6, 6.07) is 0. The quantitative estimate of drug-likeness (QED) is 0.728. The predicted octanol–water partition coefficient (Wildman–Crippen LogP) is 2.32. The van der Waals surface area contributed by atoms with Crippen LogP contribution in [0.2, 0.25) is 4.34 Å². The first-order valence-electron chi connectivity index (χ1n) is 5.07. The van der Waals surface area contributed by atoms with Gasteiger partial charge in [0.2, 0.25) is 0 Å². The van der Waals surface area contributed by atoms with Crippen molar-refractivity contribution in [2.24, 2.45) is 0 Å². The molecule has 3 aromatic heterocycles. The van der Waals surface area contributed by atoms with Gasteiger partial charge in [0.15, 0.2) is 0 Å². The Kier molecular flexibility index (Phi) is 2.89. The van der Waals surface area contributed by atoms with Crippen molar-refractivity contribution >= 4 is 44.7 Å². The van der Waals surface area contributed by atoms with E-state index >= 15 is 0 Å². The summed E-state index contributed by atoms with van der Waals surface area (Å²) in [6.07, 6.45) is 1.53. The topological polar surface area (TPSA) is 60.7 Å². The molecule has 5 nitrogen and oxygen atoms in total. The Balaban J connectivity index is 2.11. The zero-order valence-corrected chi connectivity index (χ0v) is 11.6. The molecule has 0 aliphatic carbocycles. The lowest BCUT2D eigenvalue weighted by atomic mass is 10.3. The molecule has 0 spiro atoms. The number of hydrogen-bond donors (Lipinski definition) is 0. The lowest BCUT2D eigenvalue weighted by Crippen LogP contribution is -2.20. The van der Waals surface area contributed by atoms with Gasteiger partial charge in [-0.1, -0.05) is 16.1 Å². The molecule has 18 heavy (non-hydrogen) atoms. The number of halogens is 1. The molecule has 0 bridgehead atoms. The number of hydrogen-bond acceptors (Lipinski definition) is 6. The van der Waals surface area contributed by atoms with Crippen LogP contribution in [-0.4, -0.2) is 19.1 Å². The second-order valence-corrected chi connectivity index (χ2v) is 6.00. The average molecular weight is 299 g/mol. The van der Waals surface area contributed by atoms with Gasteiger partial charge in [-0.3, -0.25) is 9.36 Å². The molecule has 0 amide bonds. The highest BCUT2D eigenvalue weighted by Gasteiger charge is 2.11. The van der Waals surface area contributed by atoms with E-state index in [2.05, 4.69) is 14.6 Å². The van der Waals surface area contributed by atoms with Gasteiger partial charge < -0.3 is 0 Å². The van der Waals surface area contributed by atoms with E-state index in [1.165, 1.54) is 22.2 Å². The van der Waals surface area contributed by atoms with Gasteiger partial charge in [-0.2, -0.15) is 0 Å². The van der Waals surface area contributed by atoms with E-state index in [4.69, 9.17) is 11.6 Å². The van der Waals surface area contributed by atoms with Crippen LogP contribution in [0, 0.1) is 6.92 Å². The molecule has 0 aliphatic rings. The molecule has 8 heteroatoms. The van der Waals surface area contributed by atoms with Gasteiger partial charge in [-0.25, -0.2) is 4.98 Å². The van der Waals surface area contributed by atoms with Crippen LogP contribution in [0.3, 0.4) is 0 Å². The van der Waals surface area contributed by atoms with E-state index in [9.17, 15) is 4.79 Å². The van der Waals surface area contributed by atoms with Gasteiger partial charge in [0.1, 0.15) is 14.7 Å². The fourth-order valence-electron chi connectivity index (χ4n) is 1.63. The molecule has 0 radical (unpaired) electrons. The summed E-state index contributed by atoms with van der Waals surface area (Å²) in [7, 11) is 0. The standard InChI is InChI=1S/C10H7ClN4OS2/c1-5-3-17-8-7(5)12-4-15(10(8)16)2-6-9(11)18-14-13-6/h3-4H,2H2,1H3. The predicted molar refractivity (Wildman–Crippen MR) is 72.6 cm³/mol. The summed E-state index contributed by atoms with van der Waals surface area (Å²) in [6.45, 7) is 2.24. The van der Waals surface area contributed by atoms with E-state index in [0.717, 1.165) is 22.6 Å². The molecule has 3 aromatic rings. The van der Waals surface area contributed by atoms with Gasteiger partial charge in [0.05, 0.1) is 18.4 Å². The van der Waals surface area contributed by atoms with Crippen LogP contribution in [0.1, 0.15) is 11.3 Å². The SMILES string of the molecule is Cc1csc2c(=O)n(Cc3nnsc3Cl)cnc12. The maximum Gasteiger partial charge on any atom is 0.271 e.